The van der Waals surface area contributed by atoms with E-state index in [1.807, 2.05) is 0 Å². The molecule has 0 atom stereocenters. The average Bonchev–Trinajstić information content (AvgIpc) is 2.43. The van der Waals surface area contributed by atoms with Crippen molar-refractivity contribution < 1.29 is 14.4 Å². The highest BCUT2D eigenvalue weighted by Gasteiger charge is 2.16. The summed E-state index contributed by atoms with van der Waals surface area (Å²) in [5.74, 6) is 0. The van der Waals surface area contributed by atoms with Gasteiger partial charge in [0.2, 0.25) is 0 Å². The van der Waals surface area contributed by atoms with Gasteiger partial charge in [-0.05, 0) is 18.1 Å². The summed E-state index contributed by atoms with van der Waals surface area (Å²) in [7, 11) is 1.54. The van der Waals surface area contributed by atoms with Gasteiger partial charge in [0.15, 0.2) is 0 Å². The molecule has 106 valence electrons. The maximum Gasteiger partial charge on any atom is 0.277 e. The largest absolute Gasteiger partial charge is 0.359 e. The Morgan fingerprint density at radius 1 is 1.40 bits per heavy atom. The van der Waals surface area contributed by atoms with Crippen LogP contribution >= 0.6 is 11.6 Å². The average molecular weight is 297 g/mol. The molecule has 20 heavy (non-hydrogen) atoms. The van der Waals surface area contributed by atoms with E-state index in [1.54, 1.807) is 19.2 Å². The molecule has 0 radical (unpaired) electrons. The molecule has 2 aromatic rings. The molecule has 0 N–H and O–H groups in total. The van der Waals surface area contributed by atoms with E-state index >= 15 is 0 Å². The zero-order chi connectivity index (χ0) is 14.5. The molecule has 0 aliphatic heterocycles. The van der Waals surface area contributed by atoms with Crippen LogP contribution in [0.15, 0.2) is 24.4 Å². The fraction of sp³-hybridized carbons (Fsp3) is 0.308. The third-order valence-corrected chi connectivity index (χ3v) is 3.14. The second kappa shape index (κ2) is 6.60. The fourth-order valence-corrected chi connectivity index (χ4v) is 2.28. The lowest BCUT2D eigenvalue weighted by atomic mass is 10.0. The van der Waals surface area contributed by atoms with Gasteiger partial charge < -0.3 is 9.47 Å². The predicted molar refractivity (Wildman–Crippen MR) is 74.9 cm³/mol. The molecule has 1 aromatic heterocycles. The molecule has 0 fully saturated rings. The maximum atomic E-state index is 11.0. The number of aromatic nitrogens is 1. The van der Waals surface area contributed by atoms with Gasteiger partial charge >= 0.3 is 0 Å². The van der Waals surface area contributed by atoms with Crippen molar-refractivity contribution in [1.29, 1.82) is 0 Å². The summed E-state index contributed by atoms with van der Waals surface area (Å²) in [6.07, 6.45) is 2.03. The van der Waals surface area contributed by atoms with Crippen molar-refractivity contribution in [3.8, 4) is 0 Å². The van der Waals surface area contributed by atoms with Gasteiger partial charge in [0.25, 0.3) is 5.69 Å². The van der Waals surface area contributed by atoms with Crippen LogP contribution in [-0.4, -0.2) is 30.4 Å². The number of methoxy groups -OCH3 is 1. The number of ether oxygens (including phenoxy) is 2. The zero-order valence-corrected chi connectivity index (χ0v) is 11.6. The van der Waals surface area contributed by atoms with E-state index < -0.39 is 4.92 Å². The van der Waals surface area contributed by atoms with Crippen LogP contribution in [0.1, 0.15) is 5.56 Å². The van der Waals surface area contributed by atoms with E-state index in [2.05, 4.69) is 4.98 Å². The van der Waals surface area contributed by atoms with E-state index in [-0.39, 0.29) is 17.6 Å². The molecule has 2 rings (SSSR count). The second-order valence-electron chi connectivity index (χ2n) is 4.09. The van der Waals surface area contributed by atoms with Crippen LogP contribution in [0, 0.1) is 10.1 Å². The van der Waals surface area contributed by atoms with E-state index in [0.717, 1.165) is 5.56 Å². The summed E-state index contributed by atoms with van der Waals surface area (Å²) in [6.45, 7) is 0.642. The quantitative estimate of drug-likeness (QED) is 0.269. The number of fused-ring (bicyclic) bond motifs is 1. The van der Waals surface area contributed by atoms with Gasteiger partial charge in [-0.2, -0.15) is 0 Å². The molecule has 0 unspecified atom stereocenters. The van der Waals surface area contributed by atoms with Gasteiger partial charge in [0, 0.05) is 24.8 Å². The number of non-ortho nitro benzene ring substituents is 1. The van der Waals surface area contributed by atoms with Crippen LogP contribution in [0.3, 0.4) is 0 Å². The predicted octanol–water partition coefficient (Wildman–Crippen LogP) is 2.96. The van der Waals surface area contributed by atoms with E-state index in [1.165, 1.54) is 12.3 Å². The molecule has 7 heteroatoms. The second-order valence-corrected chi connectivity index (χ2v) is 4.45. The summed E-state index contributed by atoms with van der Waals surface area (Å²) in [6, 6.07) is 4.76. The van der Waals surface area contributed by atoms with Crippen molar-refractivity contribution in [3.63, 3.8) is 0 Å². The van der Waals surface area contributed by atoms with E-state index in [9.17, 15) is 10.1 Å². The molecular formula is C13H13ClN2O4. The number of halogens is 1. The molecule has 6 nitrogen and oxygen atoms in total. The Morgan fingerprint density at radius 2 is 2.20 bits per heavy atom. The number of hydrogen-bond acceptors (Lipinski definition) is 5. The highest BCUT2D eigenvalue weighted by Crippen LogP contribution is 2.32. The minimum atomic E-state index is -0.427. The fourth-order valence-electron chi connectivity index (χ4n) is 2.00. The van der Waals surface area contributed by atoms with Crippen molar-refractivity contribution in [2.24, 2.45) is 0 Å². The Labute approximate surface area is 120 Å². The van der Waals surface area contributed by atoms with Gasteiger partial charge in [-0.3, -0.25) is 10.1 Å². The minimum absolute atomic E-state index is 0.0193. The molecule has 1 heterocycles. The summed E-state index contributed by atoms with van der Waals surface area (Å²) in [5, 5.41) is 12.4. The summed E-state index contributed by atoms with van der Waals surface area (Å²) in [5.41, 5.74) is 0.880. The Kier molecular flexibility index (Phi) is 4.84. The number of benzene rings is 1. The SMILES string of the molecule is COCOCCc1ccc([N+](=O)[O-])c2ccnc(Cl)c12. The molecule has 1 aromatic carbocycles. The molecule has 0 aliphatic rings. The molecule has 0 bridgehead atoms. The van der Waals surface area contributed by atoms with Crippen LogP contribution in [0.25, 0.3) is 10.8 Å². The molecule has 0 aliphatic carbocycles. The molecule has 0 spiro atoms. The molecule has 0 amide bonds. The zero-order valence-electron chi connectivity index (χ0n) is 10.8. The number of nitrogens with zero attached hydrogens (tertiary/aromatic N) is 2. The van der Waals surface area contributed by atoms with Gasteiger partial charge in [-0.15, -0.1) is 0 Å². The lowest BCUT2D eigenvalue weighted by molar-refractivity contribution is -0.383. The number of hydrogen-bond donors (Lipinski definition) is 0. The monoisotopic (exact) mass is 296 g/mol. The number of nitro benzene ring substituents is 1. The highest BCUT2D eigenvalue weighted by atomic mass is 35.5. The first-order chi connectivity index (χ1) is 9.65. The van der Waals surface area contributed by atoms with Crippen molar-refractivity contribution in [3.05, 3.63) is 45.2 Å². The van der Waals surface area contributed by atoms with Gasteiger partial charge in [-0.1, -0.05) is 17.7 Å². The number of pyridine rings is 1. The first kappa shape index (κ1) is 14.6. The summed E-state index contributed by atoms with van der Waals surface area (Å²) < 4.78 is 10.0. The Morgan fingerprint density at radius 3 is 2.90 bits per heavy atom. The van der Waals surface area contributed by atoms with Crippen LogP contribution in [0.4, 0.5) is 5.69 Å². The van der Waals surface area contributed by atoms with Crippen molar-refractivity contribution in [2.45, 2.75) is 6.42 Å². The van der Waals surface area contributed by atoms with Gasteiger partial charge in [-0.25, -0.2) is 4.98 Å². The lowest BCUT2D eigenvalue weighted by Crippen LogP contribution is -2.03. The normalized spacial score (nSPS) is 10.9. The highest BCUT2D eigenvalue weighted by molar-refractivity contribution is 6.34. The summed E-state index contributed by atoms with van der Waals surface area (Å²) >= 11 is 6.08. The van der Waals surface area contributed by atoms with Gasteiger partial charge in [0.1, 0.15) is 11.9 Å². The molecule has 0 saturated carbocycles. The Hall–Kier alpha value is -1.76. The van der Waals surface area contributed by atoms with E-state index in [4.69, 9.17) is 21.1 Å². The smallest absolute Gasteiger partial charge is 0.277 e. The van der Waals surface area contributed by atoms with Crippen LogP contribution in [0.5, 0.6) is 0 Å². The minimum Gasteiger partial charge on any atom is -0.359 e. The lowest BCUT2D eigenvalue weighted by Gasteiger charge is -2.08. The van der Waals surface area contributed by atoms with Crippen LogP contribution in [0.2, 0.25) is 5.15 Å². The van der Waals surface area contributed by atoms with Crippen molar-refractivity contribution in [2.75, 3.05) is 20.5 Å². The molecule has 0 saturated heterocycles. The van der Waals surface area contributed by atoms with Gasteiger partial charge in [0.05, 0.1) is 16.9 Å². The third-order valence-electron chi connectivity index (χ3n) is 2.86. The van der Waals surface area contributed by atoms with Crippen molar-refractivity contribution in [1.82, 2.24) is 4.98 Å². The number of nitro groups is 1. The van der Waals surface area contributed by atoms with Crippen LogP contribution in [-0.2, 0) is 15.9 Å². The van der Waals surface area contributed by atoms with E-state index in [0.29, 0.717) is 23.8 Å². The first-order valence-electron chi connectivity index (χ1n) is 5.92. The first-order valence-corrected chi connectivity index (χ1v) is 6.30. The standard InChI is InChI=1S/C13H13ClN2O4/c1-19-8-20-7-5-9-2-3-11(16(17)18)10-4-6-15-13(14)12(9)10/h2-4,6H,5,7-8H2,1H3. The topological polar surface area (TPSA) is 74.5 Å². The Balaban J connectivity index is 2.41. The Bertz CT molecular complexity index is 633. The number of rotatable bonds is 6. The van der Waals surface area contributed by atoms with Crippen LogP contribution < -0.4 is 0 Å². The third kappa shape index (κ3) is 3.04. The molecular weight excluding hydrogens is 284 g/mol. The maximum absolute atomic E-state index is 11.0. The summed E-state index contributed by atoms with van der Waals surface area (Å²) in [4.78, 5) is 14.6. The van der Waals surface area contributed by atoms with Crippen molar-refractivity contribution >= 4 is 28.1 Å².